The van der Waals surface area contributed by atoms with Crippen molar-refractivity contribution >= 4 is 54.9 Å². The van der Waals surface area contributed by atoms with Gasteiger partial charge in [-0.1, -0.05) is 66.7 Å². The molecule has 0 bridgehead atoms. The molecule has 0 aliphatic rings. The SMILES string of the molecule is Cn1[c-][n+](-c2cccc3c2[nH]c2c(-c4ccc5oc6cccc(=O)c6c5[nH]4)cccc23)c2ccccc21. The number of benzene rings is 4. The van der Waals surface area contributed by atoms with Gasteiger partial charge in [-0.15, -0.1) is 0 Å². The van der Waals surface area contributed by atoms with E-state index in [1.165, 1.54) is 0 Å². The molecule has 0 aliphatic carbocycles. The zero-order valence-corrected chi connectivity index (χ0v) is 19.9. The van der Waals surface area contributed by atoms with Gasteiger partial charge in [-0.25, -0.2) is 0 Å². The first-order chi connectivity index (χ1) is 18.2. The lowest BCUT2D eigenvalue weighted by Crippen LogP contribution is -2.29. The van der Waals surface area contributed by atoms with Crippen molar-refractivity contribution in [3.63, 3.8) is 0 Å². The van der Waals surface area contributed by atoms with Crippen LogP contribution in [0.2, 0.25) is 0 Å². The number of nitrogens with zero attached hydrogens (tertiary/aromatic N) is 2. The van der Waals surface area contributed by atoms with E-state index in [1.54, 1.807) is 12.1 Å². The summed E-state index contributed by atoms with van der Waals surface area (Å²) in [5.74, 6) is 0. The summed E-state index contributed by atoms with van der Waals surface area (Å²) in [6.45, 7) is 0. The van der Waals surface area contributed by atoms with Crippen LogP contribution in [-0.2, 0) is 7.05 Å². The summed E-state index contributed by atoms with van der Waals surface area (Å²) in [5, 5.41) is 2.85. The van der Waals surface area contributed by atoms with Crippen LogP contribution in [0.4, 0.5) is 0 Å². The van der Waals surface area contributed by atoms with Crippen molar-refractivity contribution in [2.45, 2.75) is 0 Å². The molecule has 4 aromatic carbocycles. The van der Waals surface area contributed by atoms with Gasteiger partial charge in [0.1, 0.15) is 5.58 Å². The van der Waals surface area contributed by atoms with Crippen molar-refractivity contribution in [3.05, 3.63) is 108 Å². The first kappa shape index (κ1) is 20.1. The van der Waals surface area contributed by atoms with Gasteiger partial charge in [-0.3, -0.25) is 4.79 Å². The third kappa shape index (κ3) is 2.75. The van der Waals surface area contributed by atoms with Gasteiger partial charge in [-0.05, 0) is 24.3 Å². The van der Waals surface area contributed by atoms with Gasteiger partial charge in [-0.2, -0.15) is 0 Å². The number of pyridine rings is 1. The highest BCUT2D eigenvalue weighted by Gasteiger charge is 2.16. The molecule has 8 aromatic rings. The van der Waals surface area contributed by atoms with E-state index in [-0.39, 0.29) is 5.43 Å². The van der Waals surface area contributed by atoms with Crippen LogP contribution in [0.1, 0.15) is 0 Å². The molecule has 176 valence electrons. The largest absolute Gasteiger partial charge is 0.454 e. The van der Waals surface area contributed by atoms with E-state index < -0.39 is 0 Å². The Labute approximate surface area is 210 Å². The molecule has 6 heteroatoms. The number of para-hydroxylation sites is 4. The molecule has 4 aromatic heterocycles. The maximum absolute atomic E-state index is 12.6. The van der Waals surface area contributed by atoms with Crippen LogP contribution in [0, 0.1) is 6.33 Å². The summed E-state index contributed by atoms with van der Waals surface area (Å²) >= 11 is 0. The fourth-order valence-electron chi connectivity index (χ4n) is 5.59. The number of nitrogens with one attached hydrogen (secondary N) is 2. The van der Waals surface area contributed by atoms with E-state index in [0.717, 1.165) is 49.8 Å². The van der Waals surface area contributed by atoms with Crippen molar-refractivity contribution in [3.8, 4) is 16.9 Å². The summed E-state index contributed by atoms with van der Waals surface area (Å²) in [5.41, 5.74) is 9.15. The van der Waals surface area contributed by atoms with Crippen molar-refractivity contribution in [2.75, 3.05) is 0 Å². The lowest BCUT2D eigenvalue weighted by Gasteiger charge is -2.06. The number of fused-ring (bicyclic) bond motifs is 7. The summed E-state index contributed by atoms with van der Waals surface area (Å²) in [6.07, 6.45) is 3.46. The number of aryl methyl sites for hydroxylation is 1. The molecule has 2 N–H and O–H groups in total. The number of aromatic nitrogens is 4. The number of H-pyrrole nitrogens is 2. The molecule has 0 spiro atoms. The van der Waals surface area contributed by atoms with Crippen LogP contribution in [-0.4, -0.2) is 14.5 Å². The van der Waals surface area contributed by atoms with E-state index in [0.29, 0.717) is 22.1 Å². The number of hydrogen-bond donors (Lipinski definition) is 2. The third-order valence-electron chi connectivity index (χ3n) is 7.28. The minimum absolute atomic E-state index is 0.0542. The fraction of sp³-hybridized carbons (Fsp3) is 0.0323. The average molecular weight is 481 g/mol. The number of furan rings is 1. The van der Waals surface area contributed by atoms with Crippen molar-refractivity contribution in [2.24, 2.45) is 7.05 Å². The van der Waals surface area contributed by atoms with Crippen LogP contribution in [0.5, 0.6) is 0 Å². The lowest BCUT2D eigenvalue weighted by molar-refractivity contribution is -0.571. The Morgan fingerprint density at radius 3 is 2.49 bits per heavy atom. The molecular formula is C31H20N4O2. The Kier molecular flexibility index (Phi) is 3.92. The second-order valence-corrected chi connectivity index (χ2v) is 9.38. The zero-order chi connectivity index (χ0) is 24.7. The number of aromatic amines is 2. The normalized spacial score (nSPS) is 12.0. The Morgan fingerprint density at radius 1 is 0.757 bits per heavy atom. The average Bonchev–Trinajstić information content (AvgIpc) is 3.60. The maximum Gasteiger partial charge on any atom is 0.244 e. The highest BCUT2D eigenvalue weighted by molar-refractivity contribution is 6.13. The first-order valence-electron chi connectivity index (χ1n) is 12.1. The maximum atomic E-state index is 12.6. The van der Waals surface area contributed by atoms with E-state index in [1.807, 2.05) is 35.9 Å². The predicted molar refractivity (Wildman–Crippen MR) is 146 cm³/mol. The quantitative estimate of drug-likeness (QED) is 0.230. The summed E-state index contributed by atoms with van der Waals surface area (Å²) < 4.78 is 10.0. The second-order valence-electron chi connectivity index (χ2n) is 9.38. The van der Waals surface area contributed by atoms with E-state index in [4.69, 9.17) is 4.42 Å². The fourth-order valence-corrected chi connectivity index (χ4v) is 5.59. The van der Waals surface area contributed by atoms with E-state index in [2.05, 4.69) is 75.5 Å². The molecule has 0 aliphatic heterocycles. The molecule has 8 rings (SSSR count). The summed E-state index contributed by atoms with van der Waals surface area (Å²) in [4.78, 5) is 19.8. The van der Waals surface area contributed by atoms with Crippen molar-refractivity contribution < 1.29 is 8.98 Å². The summed E-state index contributed by atoms with van der Waals surface area (Å²) in [7, 11) is 2.02. The van der Waals surface area contributed by atoms with E-state index in [9.17, 15) is 4.79 Å². The minimum Gasteiger partial charge on any atom is -0.454 e. The van der Waals surface area contributed by atoms with E-state index >= 15 is 0 Å². The Hall–Kier alpha value is -5.10. The lowest BCUT2D eigenvalue weighted by atomic mass is 10.1. The number of hydrogen-bond acceptors (Lipinski definition) is 2. The van der Waals surface area contributed by atoms with Gasteiger partial charge >= 0.3 is 0 Å². The molecule has 0 saturated heterocycles. The van der Waals surface area contributed by atoms with Crippen LogP contribution in [0.15, 0.2) is 100 Å². The molecular weight excluding hydrogens is 460 g/mol. The second kappa shape index (κ2) is 7.21. The van der Waals surface area contributed by atoms with Crippen LogP contribution < -0.4 is 10.00 Å². The van der Waals surface area contributed by atoms with Gasteiger partial charge in [0, 0.05) is 22.0 Å². The molecule has 0 fully saturated rings. The monoisotopic (exact) mass is 480 g/mol. The van der Waals surface area contributed by atoms with Crippen LogP contribution in [0.25, 0.3) is 71.9 Å². The molecule has 6 nitrogen and oxygen atoms in total. The van der Waals surface area contributed by atoms with Gasteiger partial charge in [0.05, 0.1) is 45.7 Å². The van der Waals surface area contributed by atoms with Gasteiger partial charge in [0.15, 0.2) is 11.0 Å². The van der Waals surface area contributed by atoms with Gasteiger partial charge in [0.25, 0.3) is 0 Å². The highest BCUT2D eigenvalue weighted by atomic mass is 16.3. The molecule has 0 amide bonds. The van der Waals surface area contributed by atoms with Gasteiger partial charge < -0.3 is 23.5 Å². The molecule has 0 saturated carbocycles. The zero-order valence-electron chi connectivity index (χ0n) is 19.9. The Morgan fingerprint density at radius 2 is 1.57 bits per heavy atom. The number of imidazole rings is 1. The van der Waals surface area contributed by atoms with Gasteiger partial charge in [0.2, 0.25) is 6.33 Å². The standard InChI is InChI=1S/C31H20N4O2/c1-34-17-35(23-11-3-2-10-22(23)34)24-12-5-8-19-18-7-4-9-20(29(18)33-30(19)24)21-15-16-27-31(32-21)28-25(36)13-6-14-26(28)37-27/h2-16,32-33H,1H3. The van der Waals surface area contributed by atoms with Crippen molar-refractivity contribution in [1.29, 1.82) is 0 Å². The molecule has 4 heterocycles. The smallest absolute Gasteiger partial charge is 0.244 e. The molecule has 0 unspecified atom stereocenters. The Bertz CT molecular complexity index is 2240. The minimum atomic E-state index is -0.0542. The van der Waals surface area contributed by atoms with Crippen LogP contribution >= 0.6 is 0 Å². The molecule has 0 atom stereocenters. The molecule has 37 heavy (non-hydrogen) atoms. The topological polar surface area (TPSA) is 70.6 Å². The molecule has 0 radical (unpaired) electrons. The van der Waals surface area contributed by atoms with Crippen molar-refractivity contribution in [1.82, 2.24) is 14.5 Å². The highest BCUT2D eigenvalue weighted by Crippen LogP contribution is 2.35. The summed E-state index contributed by atoms with van der Waals surface area (Å²) in [6, 6.07) is 30.0. The van der Waals surface area contributed by atoms with Crippen LogP contribution in [0.3, 0.4) is 0 Å². The number of rotatable bonds is 2. The predicted octanol–water partition coefficient (Wildman–Crippen LogP) is 6.14. The third-order valence-corrected chi connectivity index (χ3v) is 7.28. The Balaban J connectivity index is 1.40. The first-order valence-corrected chi connectivity index (χ1v) is 12.1.